The fraction of sp³-hybridized carbons (Fsp3) is 0.571. The molecule has 1 saturated heterocycles. The molecule has 1 aliphatic heterocycles. The van der Waals surface area contributed by atoms with Crippen LogP contribution in [0.15, 0.2) is 18.2 Å². The highest BCUT2D eigenvalue weighted by molar-refractivity contribution is 5.47. The smallest absolute Gasteiger partial charge is 0.167 e. The highest BCUT2D eigenvalue weighted by Crippen LogP contribution is 2.36. The molecule has 1 atom stereocenters. The van der Waals surface area contributed by atoms with Crippen LogP contribution in [-0.2, 0) is 4.74 Å². The van der Waals surface area contributed by atoms with E-state index in [9.17, 15) is 5.11 Å². The zero-order valence-corrected chi connectivity index (χ0v) is 10.9. The molecule has 2 rings (SSSR count). The molecule has 1 N–H and O–H groups in total. The van der Waals surface area contributed by atoms with Gasteiger partial charge in [-0.05, 0) is 13.0 Å². The summed E-state index contributed by atoms with van der Waals surface area (Å²) in [6.07, 6.45) is 1.30. The molecule has 0 bridgehead atoms. The van der Waals surface area contributed by atoms with E-state index in [4.69, 9.17) is 14.2 Å². The second-order valence-corrected chi connectivity index (χ2v) is 4.48. The van der Waals surface area contributed by atoms with Crippen LogP contribution in [0.1, 0.15) is 31.4 Å². The average Bonchev–Trinajstić information content (AvgIpc) is 2.40. The van der Waals surface area contributed by atoms with Crippen LogP contribution in [0.25, 0.3) is 0 Å². The van der Waals surface area contributed by atoms with Gasteiger partial charge in [0.15, 0.2) is 11.5 Å². The molecule has 0 radical (unpaired) electrons. The van der Waals surface area contributed by atoms with Gasteiger partial charge in [0.1, 0.15) is 6.10 Å². The van der Waals surface area contributed by atoms with Gasteiger partial charge in [-0.1, -0.05) is 12.1 Å². The second-order valence-electron chi connectivity index (χ2n) is 4.48. The predicted molar refractivity (Wildman–Crippen MR) is 68.1 cm³/mol. The number of benzene rings is 1. The van der Waals surface area contributed by atoms with Crippen LogP contribution >= 0.6 is 0 Å². The summed E-state index contributed by atoms with van der Waals surface area (Å²) in [6.45, 7) is 3.18. The zero-order chi connectivity index (χ0) is 13.0. The lowest BCUT2D eigenvalue weighted by molar-refractivity contribution is 0.0231. The molecule has 0 aliphatic carbocycles. The van der Waals surface area contributed by atoms with Crippen molar-refractivity contribution in [2.75, 3.05) is 20.3 Å². The van der Waals surface area contributed by atoms with Crippen LogP contribution in [0.5, 0.6) is 11.5 Å². The van der Waals surface area contributed by atoms with Crippen molar-refractivity contribution in [1.82, 2.24) is 0 Å². The molecular formula is C14H20O4. The maximum Gasteiger partial charge on any atom is 0.167 e. The molecule has 1 aromatic carbocycles. The van der Waals surface area contributed by atoms with E-state index < -0.39 is 6.10 Å². The third kappa shape index (κ3) is 2.94. The first-order valence-corrected chi connectivity index (χ1v) is 6.31. The maximum absolute atomic E-state index is 9.79. The minimum atomic E-state index is -0.574. The zero-order valence-electron chi connectivity index (χ0n) is 10.9. The maximum atomic E-state index is 9.79. The number of ether oxygens (including phenoxy) is 3. The molecule has 1 fully saturated rings. The summed E-state index contributed by atoms with van der Waals surface area (Å²) in [4.78, 5) is 0. The van der Waals surface area contributed by atoms with Crippen molar-refractivity contribution in [1.29, 1.82) is 0 Å². The third-order valence-corrected chi connectivity index (χ3v) is 3.13. The van der Waals surface area contributed by atoms with E-state index >= 15 is 0 Å². The van der Waals surface area contributed by atoms with E-state index in [2.05, 4.69) is 0 Å². The molecule has 0 amide bonds. The molecular weight excluding hydrogens is 232 g/mol. The Labute approximate surface area is 107 Å². The van der Waals surface area contributed by atoms with E-state index in [-0.39, 0.29) is 6.10 Å². The summed E-state index contributed by atoms with van der Waals surface area (Å²) < 4.78 is 16.6. The highest BCUT2D eigenvalue weighted by Gasteiger charge is 2.21. The van der Waals surface area contributed by atoms with Crippen molar-refractivity contribution in [2.45, 2.75) is 32.0 Å². The highest BCUT2D eigenvalue weighted by atomic mass is 16.5. The SMILES string of the molecule is COc1cccc(C(C)O)c1OC1CCOCC1. The molecule has 1 heterocycles. The normalized spacial score (nSPS) is 18.4. The van der Waals surface area contributed by atoms with Crippen molar-refractivity contribution in [2.24, 2.45) is 0 Å². The predicted octanol–water partition coefficient (Wildman–Crippen LogP) is 2.31. The van der Waals surface area contributed by atoms with Gasteiger partial charge in [0, 0.05) is 18.4 Å². The van der Waals surface area contributed by atoms with Gasteiger partial charge in [0.05, 0.1) is 26.4 Å². The average molecular weight is 252 g/mol. The van der Waals surface area contributed by atoms with Crippen molar-refractivity contribution < 1.29 is 19.3 Å². The van der Waals surface area contributed by atoms with Crippen LogP contribution in [0.2, 0.25) is 0 Å². The van der Waals surface area contributed by atoms with E-state index in [0.717, 1.165) is 31.6 Å². The first-order chi connectivity index (χ1) is 8.72. The van der Waals surface area contributed by atoms with Gasteiger partial charge in [-0.15, -0.1) is 0 Å². The number of aliphatic hydroxyl groups excluding tert-OH is 1. The second kappa shape index (κ2) is 6.07. The lowest BCUT2D eigenvalue weighted by Crippen LogP contribution is -2.26. The molecule has 100 valence electrons. The Balaban J connectivity index is 2.22. The van der Waals surface area contributed by atoms with Gasteiger partial charge in [0.25, 0.3) is 0 Å². The molecule has 0 spiro atoms. The van der Waals surface area contributed by atoms with Crippen molar-refractivity contribution in [3.05, 3.63) is 23.8 Å². The standard InChI is InChI=1S/C14H20O4/c1-10(15)12-4-3-5-13(16-2)14(12)18-11-6-8-17-9-7-11/h3-5,10-11,15H,6-9H2,1-2H3. The van der Waals surface area contributed by atoms with Crippen LogP contribution in [0.3, 0.4) is 0 Å². The van der Waals surface area contributed by atoms with Crippen LogP contribution in [-0.4, -0.2) is 31.5 Å². The monoisotopic (exact) mass is 252 g/mol. The number of hydrogen-bond acceptors (Lipinski definition) is 4. The number of aliphatic hydroxyl groups is 1. The minimum Gasteiger partial charge on any atom is -0.493 e. The molecule has 4 heteroatoms. The van der Waals surface area contributed by atoms with Gasteiger partial charge in [-0.25, -0.2) is 0 Å². The quantitative estimate of drug-likeness (QED) is 0.893. The lowest BCUT2D eigenvalue weighted by atomic mass is 10.1. The summed E-state index contributed by atoms with van der Waals surface area (Å²) >= 11 is 0. The Morgan fingerprint density at radius 2 is 2.06 bits per heavy atom. The Morgan fingerprint density at radius 1 is 1.33 bits per heavy atom. The summed E-state index contributed by atoms with van der Waals surface area (Å²) in [6, 6.07) is 5.57. The molecule has 0 saturated carbocycles. The largest absolute Gasteiger partial charge is 0.493 e. The van der Waals surface area contributed by atoms with Crippen molar-refractivity contribution in [3.63, 3.8) is 0 Å². The molecule has 0 aromatic heterocycles. The van der Waals surface area contributed by atoms with Gasteiger partial charge >= 0.3 is 0 Å². The fourth-order valence-corrected chi connectivity index (χ4v) is 2.11. The molecule has 18 heavy (non-hydrogen) atoms. The summed E-state index contributed by atoms with van der Waals surface area (Å²) in [5.41, 5.74) is 0.765. The Hall–Kier alpha value is -1.26. The number of hydrogen-bond donors (Lipinski definition) is 1. The van der Waals surface area contributed by atoms with Gasteiger partial charge in [-0.3, -0.25) is 0 Å². The summed E-state index contributed by atoms with van der Waals surface area (Å²) in [5, 5.41) is 9.79. The van der Waals surface area contributed by atoms with Gasteiger partial charge in [0.2, 0.25) is 0 Å². The van der Waals surface area contributed by atoms with Crippen LogP contribution < -0.4 is 9.47 Å². The molecule has 1 aliphatic rings. The Kier molecular flexibility index (Phi) is 4.44. The molecule has 1 aromatic rings. The number of para-hydroxylation sites is 1. The van der Waals surface area contributed by atoms with Gasteiger partial charge in [-0.2, -0.15) is 0 Å². The van der Waals surface area contributed by atoms with E-state index in [1.54, 1.807) is 14.0 Å². The molecule has 4 nitrogen and oxygen atoms in total. The van der Waals surface area contributed by atoms with Crippen LogP contribution in [0, 0.1) is 0 Å². The molecule has 1 unspecified atom stereocenters. The number of rotatable bonds is 4. The van der Waals surface area contributed by atoms with E-state index in [1.165, 1.54) is 0 Å². The van der Waals surface area contributed by atoms with E-state index in [0.29, 0.717) is 11.5 Å². The van der Waals surface area contributed by atoms with Gasteiger partial charge < -0.3 is 19.3 Å². The van der Waals surface area contributed by atoms with Crippen molar-refractivity contribution >= 4 is 0 Å². The minimum absolute atomic E-state index is 0.132. The van der Waals surface area contributed by atoms with Crippen LogP contribution in [0.4, 0.5) is 0 Å². The third-order valence-electron chi connectivity index (χ3n) is 3.13. The first kappa shape index (κ1) is 13.2. The lowest BCUT2D eigenvalue weighted by Gasteiger charge is -2.26. The summed E-state index contributed by atoms with van der Waals surface area (Å²) in [5.74, 6) is 1.32. The topological polar surface area (TPSA) is 47.9 Å². The Morgan fingerprint density at radius 3 is 2.67 bits per heavy atom. The van der Waals surface area contributed by atoms with E-state index in [1.807, 2.05) is 18.2 Å². The fourth-order valence-electron chi connectivity index (χ4n) is 2.11. The number of methoxy groups -OCH3 is 1. The Bertz CT molecular complexity index is 383. The first-order valence-electron chi connectivity index (χ1n) is 6.31. The van der Waals surface area contributed by atoms with Crippen molar-refractivity contribution in [3.8, 4) is 11.5 Å². The summed E-state index contributed by atoms with van der Waals surface area (Å²) in [7, 11) is 1.61.